The maximum atomic E-state index is 13.0. The van der Waals surface area contributed by atoms with Crippen LogP contribution in [0.4, 0.5) is 5.13 Å². The van der Waals surface area contributed by atoms with Gasteiger partial charge in [0.1, 0.15) is 12.6 Å². The minimum Gasteiger partial charge on any atom is -0.354 e. The van der Waals surface area contributed by atoms with Crippen molar-refractivity contribution in [3.63, 3.8) is 0 Å². The van der Waals surface area contributed by atoms with Gasteiger partial charge in [-0.3, -0.25) is 19.2 Å². The normalized spacial score (nSPS) is 15.7. The summed E-state index contributed by atoms with van der Waals surface area (Å²) in [7, 11) is 0. The van der Waals surface area contributed by atoms with Crippen molar-refractivity contribution < 1.29 is 19.2 Å². The predicted molar refractivity (Wildman–Crippen MR) is 140 cm³/mol. The first kappa shape index (κ1) is 27.9. The molecular formula is C24H29Cl2N5O4S. The Morgan fingerprint density at radius 3 is 2.69 bits per heavy atom. The number of rotatable bonds is 9. The van der Waals surface area contributed by atoms with Crippen molar-refractivity contribution in [2.75, 3.05) is 25.0 Å². The number of amides is 4. The number of nitrogens with zero attached hydrogens (tertiary/aromatic N) is 2. The fourth-order valence-electron chi connectivity index (χ4n) is 3.74. The van der Waals surface area contributed by atoms with Crippen molar-refractivity contribution in [3.05, 3.63) is 44.9 Å². The van der Waals surface area contributed by atoms with E-state index in [1.807, 2.05) is 13.8 Å². The first-order valence-electron chi connectivity index (χ1n) is 11.7. The van der Waals surface area contributed by atoms with E-state index in [9.17, 15) is 19.2 Å². The fourth-order valence-corrected chi connectivity index (χ4v) is 4.76. The van der Waals surface area contributed by atoms with Crippen molar-refractivity contribution in [2.24, 2.45) is 5.92 Å². The van der Waals surface area contributed by atoms with Gasteiger partial charge in [0.25, 0.3) is 5.91 Å². The lowest BCUT2D eigenvalue weighted by Gasteiger charge is -2.24. The quantitative estimate of drug-likeness (QED) is 0.438. The van der Waals surface area contributed by atoms with Crippen LogP contribution in [0.5, 0.6) is 0 Å². The molecule has 194 valence electrons. The summed E-state index contributed by atoms with van der Waals surface area (Å²) < 4.78 is 0. The molecular weight excluding hydrogens is 525 g/mol. The molecule has 1 unspecified atom stereocenters. The minimum atomic E-state index is -0.544. The Balaban J connectivity index is 1.57. The molecule has 2 aromatic rings. The number of carbonyl (C=O) groups excluding carboxylic acids is 4. The third kappa shape index (κ3) is 8.18. The molecule has 0 spiro atoms. The second kappa shape index (κ2) is 13.0. The van der Waals surface area contributed by atoms with Crippen LogP contribution in [0, 0.1) is 5.92 Å². The number of halogens is 2. The molecule has 4 amide bonds. The Morgan fingerprint density at radius 1 is 1.19 bits per heavy atom. The first-order chi connectivity index (χ1) is 17.1. The zero-order valence-electron chi connectivity index (χ0n) is 20.1. The lowest BCUT2D eigenvalue weighted by atomic mass is 10.1. The summed E-state index contributed by atoms with van der Waals surface area (Å²) in [5, 5.41) is 10.8. The molecule has 3 N–H and O–H groups in total. The average molecular weight is 555 g/mol. The number of aromatic nitrogens is 1. The highest BCUT2D eigenvalue weighted by molar-refractivity contribution is 7.13. The minimum absolute atomic E-state index is 0.00850. The van der Waals surface area contributed by atoms with Crippen LogP contribution in [0.15, 0.2) is 23.6 Å². The Kier molecular flexibility index (Phi) is 10.1. The Morgan fingerprint density at radius 2 is 1.97 bits per heavy atom. The predicted octanol–water partition coefficient (Wildman–Crippen LogP) is 3.51. The third-order valence-corrected chi connectivity index (χ3v) is 6.93. The van der Waals surface area contributed by atoms with Crippen molar-refractivity contribution in [1.82, 2.24) is 20.5 Å². The molecule has 1 aromatic heterocycles. The van der Waals surface area contributed by atoms with E-state index in [-0.39, 0.29) is 41.6 Å². The number of nitrogens with one attached hydrogen (secondary N) is 3. The van der Waals surface area contributed by atoms with E-state index in [1.54, 1.807) is 17.5 Å². The molecule has 1 aliphatic rings. The molecule has 2 heterocycles. The Bertz CT molecular complexity index is 1120. The largest absolute Gasteiger partial charge is 0.354 e. The number of carbonyl (C=O) groups is 4. The van der Waals surface area contributed by atoms with E-state index >= 15 is 0 Å². The molecule has 1 fully saturated rings. The van der Waals surface area contributed by atoms with Gasteiger partial charge in [0.05, 0.1) is 22.2 Å². The Hall–Kier alpha value is -2.69. The highest BCUT2D eigenvalue weighted by Gasteiger charge is 2.24. The summed E-state index contributed by atoms with van der Waals surface area (Å²) in [5.41, 5.74) is 0.815. The molecule has 3 rings (SSSR count). The molecule has 1 aromatic carbocycles. The molecule has 0 saturated carbocycles. The highest BCUT2D eigenvalue weighted by atomic mass is 35.5. The maximum absolute atomic E-state index is 13.0. The summed E-state index contributed by atoms with van der Waals surface area (Å²) in [6.07, 6.45) is 2.34. The van der Waals surface area contributed by atoms with Gasteiger partial charge in [-0.15, -0.1) is 11.3 Å². The number of anilines is 1. The second-order valence-corrected chi connectivity index (χ2v) is 10.7. The number of thiazole rings is 1. The van der Waals surface area contributed by atoms with Crippen molar-refractivity contribution in [1.29, 1.82) is 0 Å². The average Bonchev–Trinajstić information content (AvgIpc) is 3.14. The molecule has 1 saturated heterocycles. The molecule has 0 bridgehead atoms. The highest BCUT2D eigenvalue weighted by Crippen LogP contribution is 2.23. The van der Waals surface area contributed by atoms with Gasteiger partial charge >= 0.3 is 0 Å². The van der Waals surface area contributed by atoms with Gasteiger partial charge in [-0.05, 0) is 43.4 Å². The van der Waals surface area contributed by atoms with E-state index < -0.39 is 11.9 Å². The molecule has 0 aliphatic carbocycles. The van der Waals surface area contributed by atoms with E-state index in [4.69, 9.17) is 23.2 Å². The topological polar surface area (TPSA) is 120 Å². The van der Waals surface area contributed by atoms with E-state index in [0.29, 0.717) is 40.9 Å². The van der Waals surface area contributed by atoms with E-state index in [1.165, 1.54) is 22.3 Å². The molecule has 0 radical (unpaired) electrons. The summed E-state index contributed by atoms with van der Waals surface area (Å²) in [5.74, 6) is -1.10. The SMILES string of the molecule is CC(C)CN(CC(=O)Nc1nc(CC(=O)NC2CCCCNC2=O)cs1)C(=O)c1ccc(Cl)c(Cl)c1. The summed E-state index contributed by atoms with van der Waals surface area (Å²) in [4.78, 5) is 55.9. The zero-order chi connectivity index (χ0) is 26.2. The zero-order valence-corrected chi connectivity index (χ0v) is 22.4. The van der Waals surface area contributed by atoms with Gasteiger partial charge in [-0.25, -0.2) is 4.98 Å². The maximum Gasteiger partial charge on any atom is 0.254 e. The van der Waals surface area contributed by atoms with Crippen LogP contribution >= 0.6 is 34.5 Å². The fraction of sp³-hybridized carbons (Fsp3) is 0.458. The lowest BCUT2D eigenvalue weighted by molar-refractivity contribution is -0.128. The van der Waals surface area contributed by atoms with Gasteiger partial charge in [0, 0.05) is 24.0 Å². The summed E-state index contributed by atoms with van der Waals surface area (Å²) >= 11 is 13.2. The van der Waals surface area contributed by atoms with Crippen LogP contribution < -0.4 is 16.0 Å². The van der Waals surface area contributed by atoms with E-state index in [0.717, 1.165) is 12.8 Å². The molecule has 1 aliphatic heterocycles. The molecule has 1 atom stereocenters. The Labute approximate surface area is 223 Å². The van der Waals surface area contributed by atoms with Crippen LogP contribution in [0.25, 0.3) is 0 Å². The summed E-state index contributed by atoms with van der Waals surface area (Å²) in [6, 6.07) is 4.05. The van der Waals surface area contributed by atoms with Gasteiger partial charge in [-0.1, -0.05) is 37.0 Å². The molecule has 36 heavy (non-hydrogen) atoms. The van der Waals surface area contributed by atoms with Crippen LogP contribution in [0.1, 0.15) is 49.2 Å². The van der Waals surface area contributed by atoms with Gasteiger partial charge in [-0.2, -0.15) is 0 Å². The second-order valence-electron chi connectivity index (χ2n) is 8.98. The number of benzene rings is 1. The lowest BCUT2D eigenvalue weighted by Crippen LogP contribution is -2.46. The third-order valence-electron chi connectivity index (χ3n) is 5.38. The van der Waals surface area contributed by atoms with Crippen LogP contribution in [-0.4, -0.2) is 59.2 Å². The summed E-state index contributed by atoms with van der Waals surface area (Å²) in [6.45, 7) is 4.70. The smallest absolute Gasteiger partial charge is 0.254 e. The standard InChI is InChI=1S/C24H29Cl2N5O4S/c1-14(2)11-31(23(35)15-6-7-17(25)18(26)9-15)12-21(33)30-24-28-16(13-36-24)10-20(32)29-19-5-3-4-8-27-22(19)34/h6-7,9,13-14,19H,3-5,8,10-12H2,1-2H3,(H,27,34)(H,29,32)(H,28,30,33). The van der Waals surface area contributed by atoms with E-state index in [2.05, 4.69) is 20.9 Å². The number of hydrogen-bond donors (Lipinski definition) is 3. The van der Waals surface area contributed by atoms with Gasteiger partial charge < -0.3 is 20.9 Å². The van der Waals surface area contributed by atoms with Crippen molar-refractivity contribution in [2.45, 2.75) is 45.6 Å². The van der Waals surface area contributed by atoms with Crippen LogP contribution in [0.3, 0.4) is 0 Å². The monoisotopic (exact) mass is 553 g/mol. The number of hydrogen-bond acceptors (Lipinski definition) is 6. The van der Waals surface area contributed by atoms with Gasteiger partial charge in [0.15, 0.2) is 5.13 Å². The molecule has 9 nitrogen and oxygen atoms in total. The van der Waals surface area contributed by atoms with Gasteiger partial charge in [0.2, 0.25) is 17.7 Å². The molecule has 12 heteroatoms. The van der Waals surface area contributed by atoms with Crippen LogP contribution in [-0.2, 0) is 20.8 Å². The first-order valence-corrected chi connectivity index (χ1v) is 13.3. The van der Waals surface area contributed by atoms with Crippen LogP contribution in [0.2, 0.25) is 10.0 Å². The van der Waals surface area contributed by atoms with Crippen molar-refractivity contribution >= 4 is 63.3 Å². The van der Waals surface area contributed by atoms with Crippen molar-refractivity contribution in [3.8, 4) is 0 Å².